The van der Waals surface area contributed by atoms with Crippen molar-refractivity contribution in [2.75, 3.05) is 13.2 Å². The first-order valence-corrected chi connectivity index (χ1v) is 4.25. The Morgan fingerprint density at radius 1 is 1.36 bits per heavy atom. The molecule has 5 heteroatoms. The van der Waals surface area contributed by atoms with Crippen LogP contribution >= 0.6 is 0 Å². The molecule has 0 aromatic heterocycles. The monoisotopic (exact) mass is 193 g/mol. The number of hydrogen-bond acceptors (Lipinski definition) is 3. The lowest BCUT2D eigenvalue weighted by atomic mass is 10.3. The second-order valence-electron chi connectivity index (χ2n) is 2.65. The Bertz CT molecular complexity index is 317. The first kappa shape index (κ1) is 10.2. The molecule has 1 N–H and O–H groups in total. The fourth-order valence-electron chi connectivity index (χ4n) is 0.912. The Morgan fingerprint density at radius 2 is 2.07 bits per heavy atom. The van der Waals surface area contributed by atoms with Crippen LogP contribution in [0.5, 0.6) is 11.5 Å². The molecular weight excluding hydrogens is 182 g/mol. The zero-order chi connectivity index (χ0) is 10.2. The van der Waals surface area contributed by atoms with Gasteiger partial charge in [-0.2, -0.15) is 0 Å². The summed E-state index contributed by atoms with van der Waals surface area (Å²) in [7, 11) is 0. The zero-order valence-corrected chi connectivity index (χ0v) is 7.63. The van der Waals surface area contributed by atoms with Gasteiger partial charge in [0.1, 0.15) is 11.5 Å². The number of ether oxygens (including phenoxy) is 1. The molecule has 5 nitrogen and oxygen atoms in total. The summed E-state index contributed by atoms with van der Waals surface area (Å²) in [5.41, 5.74) is 8.00. The largest absolute Gasteiger partial charge is 0.508 e. The molecule has 0 unspecified atom stereocenters. The van der Waals surface area contributed by atoms with E-state index in [1.807, 2.05) is 0 Å². The molecule has 1 rings (SSSR count). The van der Waals surface area contributed by atoms with Crippen LogP contribution in [0.3, 0.4) is 0 Å². The van der Waals surface area contributed by atoms with E-state index in [0.717, 1.165) is 0 Å². The van der Waals surface area contributed by atoms with E-state index in [1.165, 1.54) is 0 Å². The Hall–Kier alpha value is -1.87. The highest BCUT2D eigenvalue weighted by atomic mass is 16.5. The predicted octanol–water partition coefficient (Wildman–Crippen LogP) is 2.47. The fourth-order valence-corrected chi connectivity index (χ4v) is 0.912. The number of phenolic OH excluding ortho intramolecular Hbond substituents is 1. The summed E-state index contributed by atoms with van der Waals surface area (Å²) >= 11 is 0. The molecule has 14 heavy (non-hydrogen) atoms. The number of hydrogen-bond donors (Lipinski definition) is 1. The van der Waals surface area contributed by atoms with Crippen LogP contribution in [0, 0.1) is 0 Å². The number of nitrogens with zero attached hydrogens (tertiary/aromatic N) is 3. The Labute approximate surface area is 81.6 Å². The van der Waals surface area contributed by atoms with Gasteiger partial charge in [-0.1, -0.05) is 5.11 Å². The van der Waals surface area contributed by atoms with Gasteiger partial charge in [0.25, 0.3) is 0 Å². The van der Waals surface area contributed by atoms with Gasteiger partial charge in [0.15, 0.2) is 0 Å². The molecule has 1 aromatic rings. The summed E-state index contributed by atoms with van der Waals surface area (Å²) in [6, 6.07) is 6.48. The van der Waals surface area contributed by atoms with Crippen LogP contribution in [0.25, 0.3) is 10.4 Å². The van der Waals surface area contributed by atoms with E-state index in [2.05, 4.69) is 10.0 Å². The van der Waals surface area contributed by atoms with Crippen molar-refractivity contribution in [3.8, 4) is 11.5 Å². The molecule has 0 radical (unpaired) electrons. The molecule has 0 spiro atoms. The summed E-state index contributed by atoms with van der Waals surface area (Å²) < 4.78 is 5.31. The van der Waals surface area contributed by atoms with Crippen molar-refractivity contribution in [1.82, 2.24) is 0 Å². The van der Waals surface area contributed by atoms with Crippen molar-refractivity contribution >= 4 is 0 Å². The molecule has 0 saturated carbocycles. The van der Waals surface area contributed by atoms with Gasteiger partial charge in [0, 0.05) is 11.5 Å². The number of azide groups is 1. The molecule has 0 saturated heterocycles. The maximum atomic E-state index is 8.99. The molecule has 0 atom stereocenters. The molecule has 0 aliphatic heterocycles. The van der Waals surface area contributed by atoms with E-state index >= 15 is 0 Å². The van der Waals surface area contributed by atoms with E-state index in [4.69, 9.17) is 15.4 Å². The maximum Gasteiger partial charge on any atom is 0.119 e. The summed E-state index contributed by atoms with van der Waals surface area (Å²) in [6.45, 7) is 0.943. The Balaban J connectivity index is 2.24. The van der Waals surface area contributed by atoms with Crippen LogP contribution in [-0.2, 0) is 0 Å². The average Bonchev–Trinajstić information content (AvgIpc) is 2.21. The van der Waals surface area contributed by atoms with Crippen molar-refractivity contribution in [3.05, 3.63) is 34.7 Å². The fraction of sp³-hybridized carbons (Fsp3) is 0.333. The topological polar surface area (TPSA) is 78.2 Å². The van der Waals surface area contributed by atoms with E-state index < -0.39 is 0 Å². The predicted molar refractivity (Wildman–Crippen MR) is 52.2 cm³/mol. The third-order valence-electron chi connectivity index (χ3n) is 1.57. The van der Waals surface area contributed by atoms with Crippen LogP contribution in [0.15, 0.2) is 29.4 Å². The van der Waals surface area contributed by atoms with Crippen LogP contribution in [0.1, 0.15) is 6.42 Å². The highest BCUT2D eigenvalue weighted by Gasteiger charge is 1.92. The first-order chi connectivity index (χ1) is 6.83. The van der Waals surface area contributed by atoms with Gasteiger partial charge < -0.3 is 9.84 Å². The second-order valence-corrected chi connectivity index (χ2v) is 2.65. The van der Waals surface area contributed by atoms with E-state index in [0.29, 0.717) is 25.3 Å². The van der Waals surface area contributed by atoms with Crippen LogP contribution in [-0.4, -0.2) is 18.3 Å². The number of benzene rings is 1. The van der Waals surface area contributed by atoms with Gasteiger partial charge in [-0.15, -0.1) is 0 Å². The smallest absolute Gasteiger partial charge is 0.119 e. The minimum absolute atomic E-state index is 0.214. The quantitative estimate of drug-likeness (QED) is 0.337. The normalized spacial score (nSPS) is 9.14. The van der Waals surface area contributed by atoms with E-state index in [9.17, 15) is 0 Å². The lowest BCUT2D eigenvalue weighted by Gasteiger charge is -2.04. The van der Waals surface area contributed by atoms with Gasteiger partial charge in [-0.05, 0) is 36.2 Å². The first-order valence-electron chi connectivity index (χ1n) is 4.25. The number of phenols is 1. The lowest BCUT2D eigenvalue weighted by Crippen LogP contribution is -1.98. The average molecular weight is 193 g/mol. The SMILES string of the molecule is [N-]=[N+]=NCCCOc1ccc(O)cc1. The van der Waals surface area contributed by atoms with Gasteiger partial charge >= 0.3 is 0 Å². The maximum absolute atomic E-state index is 8.99. The Morgan fingerprint density at radius 3 is 2.71 bits per heavy atom. The standard InChI is InChI=1S/C9H11N3O2/c10-12-11-6-1-7-14-9-4-2-8(13)3-5-9/h2-5,13H,1,6-7H2. The van der Waals surface area contributed by atoms with Crippen molar-refractivity contribution < 1.29 is 9.84 Å². The zero-order valence-electron chi connectivity index (χ0n) is 7.63. The summed E-state index contributed by atoms with van der Waals surface area (Å²) in [4.78, 5) is 2.63. The molecule has 1 aromatic carbocycles. The van der Waals surface area contributed by atoms with Crippen LogP contribution in [0.2, 0.25) is 0 Å². The van der Waals surface area contributed by atoms with Crippen LogP contribution in [0.4, 0.5) is 0 Å². The molecule has 0 amide bonds. The van der Waals surface area contributed by atoms with Gasteiger partial charge in [0.05, 0.1) is 6.61 Å². The third-order valence-corrected chi connectivity index (χ3v) is 1.57. The highest BCUT2D eigenvalue weighted by molar-refractivity contribution is 5.29. The molecule has 0 aliphatic carbocycles. The molecule has 0 heterocycles. The molecule has 0 aliphatic rings. The van der Waals surface area contributed by atoms with Crippen molar-refractivity contribution in [1.29, 1.82) is 0 Å². The molecule has 74 valence electrons. The molecular formula is C9H11N3O2. The molecule has 0 fully saturated rings. The second kappa shape index (κ2) is 5.72. The van der Waals surface area contributed by atoms with Crippen molar-refractivity contribution in [2.45, 2.75) is 6.42 Å². The van der Waals surface area contributed by atoms with Crippen molar-refractivity contribution in [3.63, 3.8) is 0 Å². The van der Waals surface area contributed by atoms with Gasteiger partial charge in [-0.25, -0.2) is 0 Å². The van der Waals surface area contributed by atoms with E-state index in [-0.39, 0.29) is 5.75 Å². The Kier molecular flexibility index (Phi) is 4.17. The van der Waals surface area contributed by atoms with Crippen LogP contribution < -0.4 is 4.74 Å². The molecule has 0 bridgehead atoms. The summed E-state index contributed by atoms with van der Waals surface area (Å²) in [6.07, 6.45) is 0.685. The minimum atomic E-state index is 0.214. The van der Waals surface area contributed by atoms with Gasteiger partial charge in [-0.3, -0.25) is 0 Å². The summed E-state index contributed by atoms with van der Waals surface area (Å²) in [5.74, 6) is 0.912. The van der Waals surface area contributed by atoms with Gasteiger partial charge in [0.2, 0.25) is 0 Å². The lowest BCUT2D eigenvalue weighted by molar-refractivity contribution is 0.313. The minimum Gasteiger partial charge on any atom is -0.508 e. The van der Waals surface area contributed by atoms with Crippen molar-refractivity contribution in [2.24, 2.45) is 5.11 Å². The summed E-state index contributed by atoms with van der Waals surface area (Å²) in [5, 5.41) is 12.4. The number of aromatic hydroxyl groups is 1. The third kappa shape index (κ3) is 3.69. The highest BCUT2D eigenvalue weighted by Crippen LogP contribution is 2.15. The van der Waals surface area contributed by atoms with E-state index in [1.54, 1.807) is 24.3 Å². The number of rotatable bonds is 5.